The summed E-state index contributed by atoms with van der Waals surface area (Å²) in [7, 11) is 0. The lowest BCUT2D eigenvalue weighted by atomic mass is 9.70. The van der Waals surface area contributed by atoms with Crippen LogP contribution in [0, 0.1) is 13.8 Å². The lowest BCUT2D eigenvalue weighted by Gasteiger charge is -2.33. The van der Waals surface area contributed by atoms with Crippen molar-refractivity contribution in [2.75, 3.05) is 9.80 Å². The molecule has 10 aromatic carbocycles. The number of rotatable bonds is 6. The molecule has 0 atom stereocenters. The van der Waals surface area contributed by atoms with Gasteiger partial charge in [0.15, 0.2) is 0 Å². The van der Waals surface area contributed by atoms with Crippen molar-refractivity contribution in [1.29, 1.82) is 0 Å². The number of para-hydroxylation sites is 4. The van der Waals surface area contributed by atoms with Gasteiger partial charge in [-0.05, 0) is 120 Å². The Morgan fingerprint density at radius 1 is 0.343 bits per heavy atom. The van der Waals surface area contributed by atoms with Crippen molar-refractivity contribution in [2.24, 2.45) is 0 Å². The smallest absolute Gasteiger partial charge is 0.145 e. The van der Waals surface area contributed by atoms with Crippen LogP contribution in [0.5, 0.6) is 0 Å². The summed E-state index contributed by atoms with van der Waals surface area (Å²) in [6.45, 7) is 4.29. The van der Waals surface area contributed by atoms with Crippen molar-refractivity contribution < 1.29 is 8.83 Å². The number of hydrogen-bond donors (Lipinski definition) is 0. The first-order valence-corrected chi connectivity index (χ1v) is 23.1. The molecule has 4 nitrogen and oxygen atoms in total. The van der Waals surface area contributed by atoms with Crippen LogP contribution < -0.4 is 9.80 Å². The van der Waals surface area contributed by atoms with Crippen LogP contribution >= 0.6 is 0 Å². The van der Waals surface area contributed by atoms with E-state index in [0.717, 1.165) is 100 Å². The second kappa shape index (κ2) is 14.2. The molecule has 0 unspecified atom stereocenters. The molecule has 0 fully saturated rings. The molecular weight excluding hydrogens is 817 g/mol. The first kappa shape index (κ1) is 37.7. The number of aryl methyl sites for hydroxylation is 2. The molecule has 0 N–H and O–H groups in total. The Morgan fingerprint density at radius 2 is 0.701 bits per heavy atom. The summed E-state index contributed by atoms with van der Waals surface area (Å²) >= 11 is 0. The van der Waals surface area contributed by atoms with Gasteiger partial charge in [-0.1, -0.05) is 157 Å². The zero-order valence-corrected chi connectivity index (χ0v) is 37.0. The molecule has 0 aliphatic heterocycles. The van der Waals surface area contributed by atoms with Gasteiger partial charge in [0.2, 0.25) is 0 Å². The summed E-state index contributed by atoms with van der Waals surface area (Å²) < 4.78 is 14.8. The zero-order chi connectivity index (χ0) is 44.4. The van der Waals surface area contributed by atoms with E-state index in [9.17, 15) is 0 Å². The molecule has 4 heteroatoms. The van der Waals surface area contributed by atoms with Gasteiger partial charge in [-0.25, -0.2) is 0 Å². The standard InChI is InChI=1S/C63H42N2O2/c1-39-29-33-43(34-30-39)64(41-17-5-3-6-18-41)53-37-51-59(61-57(53)47-23-11-15-27-55(47)66-61)60-52(63(51)49-25-13-9-21-45(49)46-22-10-14-26-50(46)63)38-54(58-48-24-12-16-28-56(48)67-62(58)60)65(42-19-7-4-8-20-42)44-35-31-40(2)32-36-44/h3-38H,1-2H3. The number of hydrogen-bond acceptors (Lipinski definition) is 4. The molecule has 2 aliphatic rings. The van der Waals surface area contributed by atoms with E-state index in [1.807, 2.05) is 0 Å². The van der Waals surface area contributed by atoms with Gasteiger partial charge in [-0.2, -0.15) is 0 Å². The van der Waals surface area contributed by atoms with Gasteiger partial charge in [0.05, 0.1) is 27.6 Å². The van der Waals surface area contributed by atoms with E-state index < -0.39 is 5.41 Å². The highest BCUT2D eigenvalue weighted by Crippen LogP contribution is 2.68. The minimum absolute atomic E-state index is 0.771. The van der Waals surface area contributed by atoms with Gasteiger partial charge in [0.1, 0.15) is 22.3 Å². The normalized spacial score (nSPS) is 13.0. The maximum Gasteiger partial charge on any atom is 0.145 e. The third-order valence-electron chi connectivity index (χ3n) is 14.4. The van der Waals surface area contributed by atoms with E-state index in [0.29, 0.717) is 0 Å². The van der Waals surface area contributed by atoms with E-state index in [-0.39, 0.29) is 0 Å². The quantitative estimate of drug-likeness (QED) is 0.167. The van der Waals surface area contributed by atoms with Crippen molar-refractivity contribution in [3.8, 4) is 22.3 Å². The number of furan rings is 2. The summed E-state index contributed by atoms with van der Waals surface area (Å²) in [6, 6.07) is 79.4. The Morgan fingerprint density at radius 3 is 1.13 bits per heavy atom. The summed E-state index contributed by atoms with van der Waals surface area (Å²) in [5.41, 5.74) is 20.7. The van der Waals surface area contributed by atoms with Crippen LogP contribution in [-0.2, 0) is 5.41 Å². The first-order valence-electron chi connectivity index (χ1n) is 23.1. The fourth-order valence-corrected chi connectivity index (χ4v) is 11.6. The minimum Gasteiger partial charge on any atom is -0.455 e. The fraction of sp³-hybridized carbons (Fsp3) is 0.0476. The van der Waals surface area contributed by atoms with Crippen LogP contribution in [0.15, 0.2) is 227 Å². The molecule has 12 aromatic rings. The molecule has 14 rings (SSSR count). The monoisotopic (exact) mass is 858 g/mol. The van der Waals surface area contributed by atoms with Crippen LogP contribution in [0.1, 0.15) is 33.4 Å². The molecule has 67 heavy (non-hydrogen) atoms. The van der Waals surface area contributed by atoms with E-state index in [1.54, 1.807) is 0 Å². The Labute approximate surface area is 388 Å². The zero-order valence-electron chi connectivity index (χ0n) is 37.0. The van der Waals surface area contributed by atoms with Crippen molar-refractivity contribution in [2.45, 2.75) is 19.3 Å². The number of benzene rings is 10. The van der Waals surface area contributed by atoms with Gasteiger partial charge in [-0.15, -0.1) is 0 Å². The van der Waals surface area contributed by atoms with E-state index >= 15 is 0 Å². The van der Waals surface area contributed by atoms with Crippen molar-refractivity contribution in [1.82, 2.24) is 0 Å². The summed E-state index contributed by atoms with van der Waals surface area (Å²) in [4.78, 5) is 4.84. The third kappa shape index (κ3) is 5.24. The Balaban J connectivity index is 1.22. The summed E-state index contributed by atoms with van der Waals surface area (Å²) in [5.74, 6) is 0. The second-order valence-corrected chi connectivity index (χ2v) is 18.1. The van der Waals surface area contributed by atoms with Gasteiger partial charge in [0, 0.05) is 44.6 Å². The predicted octanol–water partition coefficient (Wildman–Crippen LogP) is 17.4. The van der Waals surface area contributed by atoms with Crippen molar-refractivity contribution in [3.05, 3.63) is 252 Å². The number of nitrogens with zero attached hydrogens (tertiary/aromatic N) is 2. The summed E-state index contributed by atoms with van der Waals surface area (Å²) in [6.07, 6.45) is 0. The maximum absolute atomic E-state index is 7.38. The average molecular weight is 859 g/mol. The Hall–Kier alpha value is -8.60. The lowest BCUT2D eigenvalue weighted by molar-refractivity contribution is 0.665. The molecular formula is C63H42N2O2. The highest BCUT2D eigenvalue weighted by molar-refractivity contribution is 6.25. The highest BCUT2D eigenvalue weighted by Gasteiger charge is 2.54. The maximum atomic E-state index is 7.38. The SMILES string of the molecule is Cc1ccc(N(c2ccccc2)c2cc3c(c4oc5ccccc5c24)-c2c(cc(N(c4ccccc4)c4ccc(C)cc4)c4c2oc2ccccc24)C32c3ccccc3-c3ccccc32)cc1. The number of fused-ring (bicyclic) bond motifs is 18. The van der Waals surface area contributed by atoms with E-state index in [4.69, 9.17) is 8.83 Å². The largest absolute Gasteiger partial charge is 0.455 e. The molecule has 1 spiro atoms. The minimum atomic E-state index is -0.771. The predicted molar refractivity (Wildman–Crippen MR) is 276 cm³/mol. The third-order valence-corrected chi connectivity index (χ3v) is 14.4. The Kier molecular flexibility index (Phi) is 8.00. The van der Waals surface area contributed by atoms with Gasteiger partial charge < -0.3 is 18.6 Å². The molecule has 0 saturated carbocycles. The molecule has 2 aromatic heterocycles. The Bertz CT molecular complexity index is 3680. The molecule has 316 valence electrons. The molecule has 0 radical (unpaired) electrons. The fourth-order valence-electron chi connectivity index (χ4n) is 11.6. The molecule has 2 aliphatic carbocycles. The van der Waals surface area contributed by atoms with Gasteiger partial charge >= 0.3 is 0 Å². The first-order chi connectivity index (χ1) is 33.1. The molecule has 0 bridgehead atoms. The van der Waals surface area contributed by atoms with E-state index in [1.165, 1.54) is 33.4 Å². The second-order valence-electron chi connectivity index (χ2n) is 18.1. The lowest BCUT2D eigenvalue weighted by Crippen LogP contribution is -2.26. The topological polar surface area (TPSA) is 32.8 Å². The van der Waals surface area contributed by atoms with Crippen molar-refractivity contribution >= 4 is 78.0 Å². The van der Waals surface area contributed by atoms with Crippen LogP contribution in [0.4, 0.5) is 34.1 Å². The molecule has 0 saturated heterocycles. The molecule has 2 heterocycles. The van der Waals surface area contributed by atoms with Crippen LogP contribution in [0.25, 0.3) is 66.1 Å². The number of anilines is 6. The highest BCUT2D eigenvalue weighted by atomic mass is 16.3. The average Bonchev–Trinajstić information content (AvgIpc) is 4.12. The van der Waals surface area contributed by atoms with E-state index in [2.05, 4.69) is 242 Å². The van der Waals surface area contributed by atoms with Crippen LogP contribution in [-0.4, -0.2) is 0 Å². The summed E-state index contributed by atoms with van der Waals surface area (Å²) in [5, 5.41) is 4.23. The van der Waals surface area contributed by atoms with Crippen molar-refractivity contribution in [3.63, 3.8) is 0 Å². The van der Waals surface area contributed by atoms with Gasteiger partial charge in [-0.3, -0.25) is 0 Å². The van der Waals surface area contributed by atoms with Crippen LogP contribution in [0.3, 0.4) is 0 Å². The van der Waals surface area contributed by atoms with Crippen LogP contribution in [0.2, 0.25) is 0 Å². The van der Waals surface area contributed by atoms with Gasteiger partial charge in [0.25, 0.3) is 0 Å². The molecule has 0 amide bonds.